The van der Waals surface area contributed by atoms with E-state index < -0.39 is 18.3 Å². The van der Waals surface area contributed by atoms with Gasteiger partial charge in [0, 0.05) is 0 Å². The number of ether oxygens (including phenoxy) is 1. The van der Waals surface area contributed by atoms with E-state index >= 15 is 0 Å². The van der Waals surface area contributed by atoms with Crippen molar-refractivity contribution in [3.63, 3.8) is 0 Å². The summed E-state index contributed by atoms with van der Waals surface area (Å²) in [4.78, 5) is 0. The van der Waals surface area contributed by atoms with Crippen LogP contribution in [0.3, 0.4) is 0 Å². The summed E-state index contributed by atoms with van der Waals surface area (Å²) in [7, 11) is 0. The van der Waals surface area contributed by atoms with Crippen LogP contribution in [-0.2, 0) is 4.74 Å². The minimum absolute atomic E-state index is 0.405. The predicted molar refractivity (Wildman–Crippen MR) is 38.4 cm³/mol. The Hall–Kier alpha value is -0.540. The third-order valence-corrected chi connectivity index (χ3v) is 1.29. The molecule has 0 aromatic carbocycles. The van der Waals surface area contributed by atoms with Crippen molar-refractivity contribution in [2.24, 2.45) is 0 Å². The highest BCUT2D eigenvalue weighted by atomic mass is 16.5. The van der Waals surface area contributed by atoms with Crippen LogP contribution in [0.15, 0.2) is 12.8 Å². The smallest absolute Gasteiger partial charge is 0.123 e. The summed E-state index contributed by atoms with van der Waals surface area (Å²) < 4.78 is 4.82. The molecule has 0 saturated heterocycles. The summed E-state index contributed by atoms with van der Waals surface area (Å²) in [5, 5.41) is 18.0. The maximum Gasteiger partial charge on any atom is 0.123 e. The van der Waals surface area contributed by atoms with Gasteiger partial charge in [-0.2, -0.15) is 0 Å². The predicted octanol–water partition coefficient (Wildman–Crippen LogP) is 0.277. The third kappa shape index (κ3) is 2.85. The number of aliphatic hydroxyl groups excluding tert-OH is 2. The van der Waals surface area contributed by atoms with Crippen LogP contribution in [0.4, 0.5) is 0 Å². The Labute approximate surface area is 60.9 Å². The van der Waals surface area contributed by atoms with Crippen LogP contribution < -0.4 is 0 Å². The van der Waals surface area contributed by atoms with Gasteiger partial charge in [0.2, 0.25) is 0 Å². The number of hydrogen-bond donors (Lipinski definition) is 2. The van der Waals surface area contributed by atoms with Gasteiger partial charge in [0.1, 0.15) is 12.2 Å². The zero-order valence-electron chi connectivity index (χ0n) is 6.32. The molecule has 60 valence electrons. The molecule has 0 aliphatic heterocycles. The summed E-state index contributed by atoms with van der Waals surface area (Å²) >= 11 is 0. The van der Waals surface area contributed by atoms with Crippen molar-refractivity contribution in [2.75, 3.05) is 0 Å². The maximum atomic E-state index is 9.10. The average molecular weight is 146 g/mol. The van der Waals surface area contributed by atoms with Crippen molar-refractivity contribution in [3.05, 3.63) is 12.8 Å². The fourth-order valence-corrected chi connectivity index (χ4v) is 0.624. The normalized spacial score (nSPS) is 19.2. The zero-order valence-corrected chi connectivity index (χ0v) is 6.32. The number of hydrogen-bond acceptors (Lipinski definition) is 3. The van der Waals surface area contributed by atoms with Crippen molar-refractivity contribution in [1.29, 1.82) is 0 Å². The van der Waals surface area contributed by atoms with Gasteiger partial charge in [-0.25, -0.2) is 0 Å². The van der Waals surface area contributed by atoms with E-state index in [9.17, 15) is 0 Å². The number of rotatable bonds is 4. The fraction of sp³-hybridized carbons (Fsp3) is 0.714. The topological polar surface area (TPSA) is 49.7 Å². The van der Waals surface area contributed by atoms with Crippen molar-refractivity contribution in [2.45, 2.75) is 32.2 Å². The first-order valence-corrected chi connectivity index (χ1v) is 3.22. The molecule has 0 spiro atoms. The highest BCUT2D eigenvalue weighted by Gasteiger charge is 2.18. The molecule has 0 bridgehead atoms. The fourth-order valence-electron chi connectivity index (χ4n) is 0.624. The Bertz CT molecular complexity index is 101. The Morgan fingerprint density at radius 1 is 1.40 bits per heavy atom. The van der Waals surface area contributed by atoms with E-state index in [1.807, 2.05) is 0 Å². The molecule has 0 aliphatic rings. The molecule has 0 heterocycles. The highest BCUT2D eigenvalue weighted by Crippen LogP contribution is 2.02. The van der Waals surface area contributed by atoms with Crippen LogP contribution in [0.5, 0.6) is 0 Å². The second-order valence-electron chi connectivity index (χ2n) is 2.24. The van der Waals surface area contributed by atoms with Crippen LogP contribution in [0.25, 0.3) is 0 Å². The summed E-state index contributed by atoms with van der Waals surface area (Å²) in [6.45, 7) is 6.50. The second kappa shape index (κ2) is 4.30. The van der Waals surface area contributed by atoms with E-state index in [0.717, 1.165) is 0 Å². The first kappa shape index (κ1) is 9.46. The molecule has 0 rings (SSSR count). The molecule has 0 fully saturated rings. The molecule has 3 nitrogen and oxygen atoms in total. The van der Waals surface area contributed by atoms with Crippen LogP contribution in [0.2, 0.25) is 0 Å². The van der Waals surface area contributed by atoms with E-state index in [2.05, 4.69) is 6.58 Å². The summed E-state index contributed by atoms with van der Waals surface area (Å²) in [5.74, 6) is 0. The van der Waals surface area contributed by atoms with Gasteiger partial charge in [0.15, 0.2) is 0 Å². The van der Waals surface area contributed by atoms with Gasteiger partial charge in [0.05, 0.1) is 12.4 Å². The lowest BCUT2D eigenvalue weighted by Crippen LogP contribution is -2.34. The third-order valence-electron chi connectivity index (χ3n) is 1.29. The van der Waals surface area contributed by atoms with Crippen LogP contribution >= 0.6 is 0 Å². The van der Waals surface area contributed by atoms with E-state index in [1.165, 1.54) is 13.2 Å². The van der Waals surface area contributed by atoms with Gasteiger partial charge in [-0.05, 0) is 13.8 Å². The average Bonchev–Trinajstić information content (AvgIpc) is 1.87. The Balaban J connectivity index is 3.68. The molecule has 0 aliphatic carbocycles. The van der Waals surface area contributed by atoms with E-state index in [4.69, 9.17) is 14.9 Å². The van der Waals surface area contributed by atoms with Crippen LogP contribution in [-0.4, -0.2) is 28.5 Å². The molecule has 0 radical (unpaired) electrons. The van der Waals surface area contributed by atoms with Crippen LogP contribution in [0, 0.1) is 0 Å². The Morgan fingerprint density at radius 3 is 2.20 bits per heavy atom. The van der Waals surface area contributed by atoms with Gasteiger partial charge in [-0.3, -0.25) is 0 Å². The summed E-state index contributed by atoms with van der Waals surface area (Å²) in [6, 6.07) is 0. The van der Waals surface area contributed by atoms with Crippen molar-refractivity contribution in [1.82, 2.24) is 0 Å². The van der Waals surface area contributed by atoms with Crippen molar-refractivity contribution < 1.29 is 14.9 Å². The molecule has 0 aromatic heterocycles. The minimum atomic E-state index is -0.849. The molecular formula is C7H14O3. The van der Waals surface area contributed by atoms with Crippen molar-refractivity contribution in [3.8, 4) is 0 Å². The molecule has 0 aromatic rings. The van der Waals surface area contributed by atoms with E-state index in [-0.39, 0.29) is 0 Å². The van der Waals surface area contributed by atoms with Crippen molar-refractivity contribution >= 4 is 0 Å². The van der Waals surface area contributed by atoms with Gasteiger partial charge in [-0.1, -0.05) is 6.58 Å². The molecular weight excluding hydrogens is 132 g/mol. The molecule has 3 unspecified atom stereocenters. The van der Waals surface area contributed by atoms with Gasteiger partial charge >= 0.3 is 0 Å². The molecule has 0 saturated carbocycles. The first-order chi connectivity index (χ1) is 4.59. The summed E-state index contributed by atoms with van der Waals surface area (Å²) in [6.07, 6.45) is -0.776. The van der Waals surface area contributed by atoms with E-state index in [0.29, 0.717) is 0 Å². The quantitative estimate of drug-likeness (QED) is 0.560. The lowest BCUT2D eigenvalue weighted by molar-refractivity contribution is -0.0488. The van der Waals surface area contributed by atoms with E-state index in [1.54, 1.807) is 6.92 Å². The molecule has 3 atom stereocenters. The summed E-state index contributed by atoms with van der Waals surface area (Å²) in [5.41, 5.74) is 0. The SMILES string of the molecule is C=COC(C)C(O)C(C)O. The standard InChI is InChI=1S/C7H14O3/c1-4-10-6(3)7(9)5(2)8/h4-9H,1H2,2-3H3. The Morgan fingerprint density at radius 2 is 1.90 bits per heavy atom. The first-order valence-electron chi connectivity index (χ1n) is 3.22. The largest absolute Gasteiger partial charge is 0.496 e. The van der Waals surface area contributed by atoms with Crippen LogP contribution in [0.1, 0.15) is 13.8 Å². The molecule has 3 heteroatoms. The lowest BCUT2D eigenvalue weighted by Gasteiger charge is -2.20. The zero-order chi connectivity index (χ0) is 8.15. The lowest BCUT2D eigenvalue weighted by atomic mass is 10.1. The molecule has 2 N–H and O–H groups in total. The molecule has 10 heavy (non-hydrogen) atoms. The minimum Gasteiger partial charge on any atom is -0.496 e. The number of aliphatic hydroxyl groups is 2. The Kier molecular flexibility index (Phi) is 4.07. The molecule has 0 amide bonds. The van der Waals surface area contributed by atoms with Gasteiger partial charge < -0.3 is 14.9 Å². The second-order valence-corrected chi connectivity index (χ2v) is 2.24. The van der Waals surface area contributed by atoms with Gasteiger partial charge in [-0.15, -0.1) is 0 Å². The van der Waals surface area contributed by atoms with Gasteiger partial charge in [0.25, 0.3) is 0 Å². The monoisotopic (exact) mass is 146 g/mol. The maximum absolute atomic E-state index is 9.10. The highest BCUT2D eigenvalue weighted by molar-refractivity contribution is 4.71.